The van der Waals surface area contributed by atoms with Gasteiger partial charge >= 0.3 is 11.9 Å². The molecule has 166 valence electrons. The Morgan fingerprint density at radius 1 is 1.00 bits per heavy atom. The molecule has 0 saturated heterocycles. The first-order valence-corrected chi connectivity index (χ1v) is 10.1. The van der Waals surface area contributed by atoms with Crippen LogP contribution in [0.5, 0.6) is 0 Å². The summed E-state index contributed by atoms with van der Waals surface area (Å²) in [6.07, 6.45) is -4.01. The van der Waals surface area contributed by atoms with Gasteiger partial charge in [0.2, 0.25) is 0 Å². The molecule has 0 radical (unpaired) electrons. The van der Waals surface area contributed by atoms with E-state index >= 15 is 0 Å². The maximum Gasteiger partial charge on any atom is 0.390 e. The summed E-state index contributed by atoms with van der Waals surface area (Å²) in [7, 11) is 0. The van der Waals surface area contributed by atoms with E-state index in [9.17, 15) is 18.0 Å². The summed E-state index contributed by atoms with van der Waals surface area (Å²) in [6.45, 7) is -0.643. The average molecular weight is 483 g/mol. The zero-order valence-corrected chi connectivity index (χ0v) is 17.8. The highest BCUT2D eigenvalue weighted by atomic mass is 35.5. The lowest BCUT2D eigenvalue weighted by molar-refractivity contribution is -0.136. The van der Waals surface area contributed by atoms with Gasteiger partial charge in [0.15, 0.2) is 5.82 Å². The normalized spacial score (nSPS) is 11.8. The third kappa shape index (κ3) is 4.86. The van der Waals surface area contributed by atoms with E-state index in [1.807, 2.05) is 0 Å². The van der Waals surface area contributed by atoms with Gasteiger partial charge in [0.25, 0.3) is 0 Å². The molecule has 2 aromatic heterocycles. The maximum absolute atomic E-state index is 12.9. The first kappa shape index (κ1) is 22.1. The molecule has 2 heterocycles. The van der Waals surface area contributed by atoms with Crippen LogP contribution in [0.2, 0.25) is 10.0 Å². The summed E-state index contributed by atoms with van der Waals surface area (Å²) in [5.74, 6) is 0.106. The molecule has 7 nitrogen and oxygen atoms in total. The molecule has 32 heavy (non-hydrogen) atoms. The first-order chi connectivity index (χ1) is 15.2. The second-order valence-electron chi connectivity index (χ2n) is 6.89. The van der Waals surface area contributed by atoms with Crippen LogP contribution in [0, 0.1) is 0 Å². The van der Waals surface area contributed by atoms with E-state index in [2.05, 4.69) is 15.4 Å². The SMILES string of the molecule is O=c1n(Cc2cn(-c3ccccc3Cl)nn2)nc(-c2ccc(Cl)cc2)n1CCC(F)(F)F. The van der Waals surface area contributed by atoms with Gasteiger partial charge in [0.05, 0.1) is 29.9 Å². The molecule has 0 bridgehead atoms. The van der Waals surface area contributed by atoms with Crippen molar-refractivity contribution in [3.63, 3.8) is 0 Å². The minimum atomic E-state index is -4.42. The second kappa shape index (κ2) is 8.79. The molecule has 0 spiro atoms. The molecule has 0 aliphatic heterocycles. The molecule has 0 atom stereocenters. The molecule has 2 aromatic carbocycles. The number of hydrogen-bond donors (Lipinski definition) is 0. The summed E-state index contributed by atoms with van der Waals surface area (Å²) in [4.78, 5) is 12.9. The zero-order chi connectivity index (χ0) is 22.9. The van der Waals surface area contributed by atoms with Crippen LogP contribution in [0.15, 0.2) is 59.5 Å². The van der Waals surface area contributed by atoms with Gasteiger partial charge in [-0.05, 0) is 36.4 Å². The van der Waals surface area contributed by atoms with Crippen LogP contribution >= 0.6 is 23.2 Å². The van der Waals surface area contributed by atoms with E-state index in [4.69, 9.17) is 23.2 Å². The number of para-hydroxylation sites is 1. The highest BCUT2D eigenvalue weighted by molar-refractivity contribution is 6.32. The van der Waals surface area contributed by atoms with Gasteiger partial charge in [0.1, 0.15) is 5.69 Å². The smallest absolute Gasteiger partial charge is 0.275 e. The molecule has 0 fully saturated rings. The Labute approximate surface area is 189 Å². The van der Waals surface area contributed by atoms with E-state index in [0.717, 1.165) is 9.25 Å². The Morgan fingerprint density at radius 2 is 1.72 bits per heavy atom. The standard InChI is InChI=1S/C20H15Cl2F3N6O/c21-14-7-5-13(6-8-14)18-27-31(19(32)29(18)10-9-20(23,24)25)12-15-11-30(28-26-15)17-4-2-1-3-16(17)22/h1-8,11H,9-10,12H2. The van der Waals surface area contributed by atoms with E-state index in [1.54, 1.807) is 54.7 Å². The van der Waals surface area contributed by atoms with Crippen molar-refractivity contribution in [2.45, 2.75) is 25.7 Å². The lowest BCUT2D eigenvalue weighted by Gasteiger charge is -2.08. The molecule has 0 unspecified atom stereocenters. The predicted molar refractivity (Wildman–Crippen MR) is 113 cm³/mol. The highest BCUT2D eigenvalue weighted by Gasteiger charge is 2.28. The van der Waals surface area contributed by atoms with Gasteiger partial charge in [-0.3, -0.25) is 4.57 Å². The number of hydrogen-bond acceptors (Lipinski definition) is 4. The van der Waals surface area contributed by atoms with Crippen LogP contribution < -0.4 is 5.69 Å². The van der Waals surface area contributed by atoms with Gasteiger partial charge < -0.3 is 0 Å². The number of rotatable bonds is 6. The van der Waals surface area contributed by atoms with Crippen LogP contribution in [0.4, 0.5) is 13.2 Å². The Balaban J connectivity index is 1.68. The summed E-state index contributed by atoms with van der Waals surface area (Å²) in [5.41, 5.74) is 0.756. The van der Waals surface area contributed by atoms with Gasteiger partial charge in [-0.2, -0.15) is 13.2 Å². The van der Waals surface area contributed by atoms with Crippen molar-refractivity contribution in [3.05, 3.63) is 81.0 Å². The highest BCUT2D eigenvalue weighted by Crippen LogP contribution is 2.24. The summed E-state index contributed by atoms with van der Waals surface area (Å²) >= 11 is 12.1. The van der Waals surface area contributed by atoms with Crippen molar-refractivity contribution >= 4 is 23.2 Å². The minimum Gasteiger partial charge on any atom is -0.275 e. The molecule has 4 aromatic rings. The van der Waals surface area contributed by atoms with E-state index < -0.39 is 24.8 Å². The number of aromatic nitrogens is 6. The second-order valence-corrected chi connectivity index (χ2v) is 7.74. The predicted octanol–water partition coefficient (Wildman–Crippen LogP) is 4.60. The molecule has 0 aliphatic carbocycles. The molecule has 0 saturated carbocycles. The van der Waals surface area contributed by atoms with Gasteiger partial charge in [-0.15, -0.1) is 10.2 Å². The Bertz CT molecular complexity index is 1290. The largest absolute Gasteiger partial charge is 0.390 e. The number of halogens is 5. The fraction of sp³-hybridized carbons (Fsp3) is 0.200. The van der Waals surface area contributed by atoms with Gasteiger partial charge in [0, 0.05) is 17.1 Å². The van der Waals surface area contributed by atoms with E-state index in [-0.39, 0.29) is 12.4 Å². The third-order valence-corrected chi connectivity index (χ3v) is 5.17. The number of benzene rings is 2. The van der Waals surface area contributed by atoms with Crippen molar-refractivity contribution in [3.8, 4) is 17.1 Å². The van der Waals surface area contributed by atoms with Crippen LogP contribution in [0.1, 0.15) is 12.1 Å². The van der Waals surface area contributed by atoms with Crippen LogP contribution in [0.25, 0.3) is 17.1 Å². The fourth-order valence-electron chi connectivity index (χ4n) is 3.08. The molecule has 0 N–H and O–H groups in total. The minimum absolute atomic E-state index is 0.0805. The molecule has 4 rings (SSSR count). The van der Waals surface area contributed by atoms with Crippen molar-refractivity contribution in [1.82, 2.24) is 29.3 Å². The molecular weight excluding hydrogens is 468 g/mol. The van der Waals surface area contributed by atoms with Crippen molar-refractivity contribution in [1.29, 1.82) is 0 Å². The quantitative estimate of drug-likeness (QED) is 0.402. The summed E-state index contributed by atoms with van der Waals surface area (Å²) in [5, 5.41) is 13.2. The van der Waals surface area contributed by atoms with Crippen molar-refractivity contribution in [2.24, 2.45) is 0 Å². The van der Waals surface area contributed by atoms with E-state index in [0.29, 0.717) is 27.0 Å². The lowest BCUT2D eigenvalue weighted by atomic mass is 10.2. The van der Waals surface area contributed by atoms with Crippen LogP contribution in [0.3, 0.4) is 0 Å². The number of alkyl halides is 3. The summed E-state index contributed by atoms with van der Waals surface area (Å²) in [6, 6.07) is 13.3. The first-order valence-electron chi connectivity index (χ1n) is 9.38. The molecule has 0 amide bonds. The fourth-order valence-corrected chi connectivity index (χ4v) is 3.42. The molecule has 12 heteroatoms. The maximum atomic E-state index is 12.9. The van der Waals surface area contributed by atoms with Crippen LogP contribution in [-0.4, -0.2) is 35.5 Å². The Hall–Kier alpha value is -3.11. The van der Waals surface area contributed by atoms with Crippen molar-refractivity contribution < 1.29 is 13.2 Å². The summed E-state index contributed by atoms with van der Waals surface area (Å²) < 4.78 is 42.0. The third-order valence-electron chi connectivity index (χ3n) is 4.60. The number of nitrogens with zero attached hydrogens (tertiary/aromatic N) is 6. The Kier molecular flexibility index (Phi) is 6.07. The van der Waals surface area contributed by atoms with Crippen molar-refractivity contribution in [2.75, 3.05) is 0 Å². The van der Waals surface area contributed by atoms with Gasteiger partial charge in [-0.1, -0.05) is 40.5 Å². The van der Waals surface area contributed by atoms with Gasteiger partial charge in [-0.25, -0.2) is 14.2 Å². The lowest BCUT2D eigenvalue weighted by Crippen LogP contribution is -2.27. The topological polar surface area (TPSA) is 70.5 Å². The Morgan fingerprint density at radius 3 is 2.41 bits per heavy atom. The zero-order valence-electron chi connectivity index (χ0n) is 16.3. The van der Waals surface area contributed by atoms with Crippen LogP contribution in [-0.2, 0) is 13.1 Å². The monoisotopic (exact) mass is 482 g/mol. The molecule has 0 aliphatic rings. The average Bonchev–Trinajstić information content (AvgIpc) is 3.32. The molecular formula is C20H15Cl2F3N6O. The van der Waals surface area contributed by atoms with E-state index in [1.165, 1.54) is 4.68 Å².